The number of piperidine rings is 1. The number of alkyl halides is 1. The van der Waals surface area contributed by atoms with Crippen LogP contribution in [0.15, 0.2) is 5.11 Å². The Labute approximate surface area is 99.4 Å². The molecule has 1 heterocycles. The number of amides is 1. The Balaban J connectivity index is 2.64. The predicted molar refractivity (Wildman–Crippen MR) is 60.3 cm³/mol. The molecule has 2 atom stereocenters. The summed E-state index contributed by atoms with van der Waals surface area (Å²) in [4.78, 5) is 15.6. The maximum Gasteiger partial charge on any atom is 0.410 e. The molecule has 1 amide bonds. The average molecular weight is 244 g/mol. The highest BCUT2D eigenvalue weighted by Crippen LogP contribution is 2.19. The predicted octanol–water partition coefficient (Wildman–Crippen LogP) is 2.64. The smallest absolute Gasteiger partial charge is 0.410 e. The van der Waals surface area contributed by atoms with Gasteiger partial charge in [-0.3, -0.25) is 0 Å². The van der Waals surface area contributed by atoms with Crippen LogP contribution in [-0.4, -0.2) is 41.9 Å². The van der Waals surface area contributed by atoms with Crippen LogP contribution >= 0.6 is 0 Å². The Bertz CT molecular complexity index is 336. The van der Waals surface area contributed by atoms with E-state index < -0.39 is 23.9 Å². The number of hydrogen-bond acceptors (Lipinski definition) is 3. The molecule has 1 fully saturated rings. The summed E-state index contributed by atoms with van der Waals surface area (Å²) in [6.45, 7) is 5.43. The van der Waals surface area contributed by atoms with Crippen LogP contribution in [0.5, 0.6) is 0 Å². The number of likely N-dealkylation sites (tertiary alicyclic amines) is 1. The van der Waals surface area contributed by atoms with Crippen molar-refractivity contribution in [1.29, 1.82) is 0 Å². The molecule has 96 valence electrons. The molecule has 17 heavy (non-hydrogen) atoms. The molecule has 0 N–H and O–H groups in total. The molecular formula is C10H17FN4O2. The minimum absolute atomic E-state index is 0.00758. The third-order valence-corrected chi connectivity index (χ3v) is 2.24. The molecule has 1 rings (SSSR count). The van der Waals surface area contributed by atoms with Gasteiger partial charge in [-0.2, -0.15) is 0 Å². The van der Waals surface area contributed by atoms with Crippen LogP contribution in [0, 0.1) is 0 Å². The Kier molecular flexibility index (Phi) is 4.17. The first kappa shape index (κ1) is 13.6. The van der Waals surface area contributed by atoms with Crippen LogP contribution < -0.4 is 0 Å². The topological polar surface area (TPSA) is 78.3 Å². The molecule has 6 nitrogen and oxygen atoms in total. The van der Waals surface area contributed by atoms with Crippen LogP contribution in [0.4, 0.5) is 9.18 Å². The molecule has 0 spiro atoms. The van der Waals surface area contributed by atoms with Gasteiger partial charge in [-0.1, -0.05) is 5.11 Å². The van der Waals surface area contributed by atoms with Crippen molar-refractivity contribution in [1.82, 2.24) is 4.90 Å². The SMILES string of the molecule is CC(C)(C)OC(=O)N1CC(F)C[C@H](N=[N+]=[N-])C1. The monoisotopic (exact) mass is 244 g/mol. The van der Waals surface area contributed by atoms with Crippen molar-refractivity contribution in [3.63, 3.8) is 0 Å². The second kappa shape index (κ2) is 5.23. The lowest BCUT2D eigenvalue weighted by atomic mass is 10.1. The van der Waals surface area contributed by atoms with Crippen LogP contribution in [0.1, 0.15) is 27.2 Å². The van der Waals surface area contributed by atoms with Crippen molar-refractivity contribution in [2.24, 2.45) is 5.11 Å². The van der Waals surface area contributed by atoms with Crippen LogP contribution in [-0.2, 0) is 4.74 Å². The van der Waals surface area contributed by atoms with Crippen LogP contribution in [0.25, 0.3) is 10.4 Å². The lowest BCUT2D eigenvalue weighted by molar-refractivity contribution is 0.0115. The minimum Gasteiger partial charge on any atom is -0.444 e. The Morgan fingerprint density at radius 1 is 1.53 bits per heavy atom. The maximum atomic E-state index is 13.4. The highest BCUT2D eigenvalue weighted by atomic mass is 19.1. The summed E-state index contributed by atoms with van der Waals surface area (Å²) < 4.78 is 18.5. The normalized spacial score (nSPS) is 25.1. The first-order valence-electron chi connectivity index (χ1n) is 5.48. The van der Waals surface area contributed by atoms with E-state index in [0.29, 0.717) is 0 Å². The van der Waals surface area contributed by atoms with E-state index in [1.165, 1.54) is 4.90 Å². The molecule has 0 aromatic rings. The zero-order valence-corrected chi connectivity index (χ0v) is 10.3. The van der Waals surface area contributed by atoms with E-state index in [1.807, 2.05) is 0 Å². The number of nitrogens with zero attached hydrogens (tertiary/aromatic N) is 4. The van der Waals surface area contributed by atoms with E-state index in [2.05, 4.69) is 10.0 Å². The molecule has 0 radical (unpaired) electrons. The van der Waals surface area contributed by atoms with Crippen LogP contribution in [0.3, 0.4) is 0 Å². The minimum atomic E-state index is -1.17. The van der Waals surface area contributed by atoms with Gasteiger partial charge in [-0.15, -0.1) is 0 Å². The Hall–Kier alpha value is -1.49. The lowest BCUT2D eigenvalue weighted by Crippen LogP contribution is -2.48. The van der Waals surface area contributed by atoms with Gasteiger partial charge in [0.15, 0.2) is 0 Å². The maximum absolute atomic E-state index is 13.4. The average Bonchev–Trinajstić information content (AvgIpc) is 2.14. The van der Waals surface area contributed by atoms with E-state index in [9.17, 15) is 9.18 Å². The fraction of sp³-hybridized carbons (Fsp3) is 0.900. The highest BCUT2D eigenvalue weighted by Gasteiger charge is 2.31. The number of rotatable bonds is 1. The van der Waals surface area contributed by atoms with Gasteiger partial charge in [0.05, 0.1) is 12.6 Å². The van der Waals surface area contributed by atoms with Gasteiger partial charge in [0.1, 0.15) is 11.8 Å². The van der Waals surface area contributed by atoms with Crippen molar-refractivity contribution in [2.45, 2.75) is 45.0 Å². The highest BCUT2D eigenvalue weighted by molar-refractivity contribution is 5.68. The van der Waals surface area contributed by atoms with Crippen molar-refractivity contribution in [2.75, 3.05) is 13.1 Å². The van der Waals surface area contributed by atoms with Crippen molar-refractivity contribution in [3.8, 4) is 0 Å². The van der Waals surface area contributed by atoms with Gasteiger partial charge in [-0.05, 0) is 32.7 Å². The zero-order valence-electron chi connectivity index (χ0n) is 10.3. The number of azide groups is 1. The summed E-state index contributed by atoms with van der Waals surface area (Å²) >= 11 is 0. The molecule has 0 aromatic carbocycles. The second-order valence-electron chi connectivity index (χ2n) is 5.08. The number of halogens is 1. The standard InChI is InChI=1S/C10H17FN4O2/c1-10(2,3)17-9(16)15-5-7(11)4-8(6-15)13-14-12/h7-8H,4-6H2,1-3H3/t7?,8-/m0/s1. The first-order valence-corrected chi connectivity index (χ1v) is 5.48. The summed E-state index contributed by atoms with van der Waals surface area (Å²) in [6, 6.07) is -0.517. The molecule has 1 aliphatic rings. The molecule has 0 bridgehead atoms. The van der Waals surface area contributed by atoms with E-state index in [-0.39, 0.29) is 19.5 Å². The van der Waals surface area contributed by atoms with Gasteiger partial charge in [0, 0.05) is 11.5 Å². The summed E-state index contributed by atoms with van der Waals surface area (Å²) in [5.74, 6) is 0. The first-order chi connectivity index (χ1) is 7.81. The molecule has 7 heteroatoms. The third-order valence-electron chi connectivity index (χ3n) is 2.24. The Morgan fingerprint density at radius 2 is 2.18 bits per heavy atom. The second-order valence-corrected chi connectivity index (χ2v) is 5.08. The lowest BCUT2D eigenvalue weighted by Gasteiger charge is -2.34. The van der Waals surface area contributed by atoms with Gasteiger partial charge in [0.2, 0.25) is 0 Å². The zero-order chi connectivity index (χ0) is 13.1. The Morgan fingerprint density at radius 3 is 2.71 bits per heavy atom. The molecule has 1 aliphatic heterocycles. The van der Waals surface area contributed by atoms with Crippen LogP contribution in [0.2, 0.25) is 0 Å². The summed E-state index contributed by atoms with van der Waals surface area (Å²) in [5.41, 5.74) is 7.70. The molecular weight excluding hydrogens is 227 g/mol. The van der Waals surface area contributed by atoms with Crippen molar-refractivity contribution in [3.05, 3.63) is 10.4 Å². The largest absolute Gasteiger partial charge is 0.444 e. The van der Waals surface area contributed by atoms with Gasteiger partial charge in [0.25, 0.3) is 0 Å². The van der Waals surface area contributed by atoms with E-state index in [4.69, 9.17) is 10.3 Å². The molecule has 1 unspecified atom stereocenters. The van der Waals surface area contributed by atoms with Gasteiger partial charge in [-0.25, -0.2) is 9.18 Å². The van der Waals surface area contributed by atoms with Gasteiger partial charge < -0.3 is 9.64 Å². The fourth-order valence-corrected chi connectivity index (χ4v) is 1.64. The molecule has 1 saturated heterocycles. The molecule has 0 saturated carbocycles. The van der Waals surface area contributed by atoms with E-state index in [0.717, 1.165) is 0 Å². The summed E-state index contributed by atoms with van der Waals surface area (Å²) in [7, 11) is 0. The van der Waals surface area contributed by atoms with E-state index in [1.54, 1.807) is 20.8 Å². The molecule has 0 aliphatic carbocycles. The van der Waals surface area contributed by atoms with Crippen molar-refractivity contribution < 1.29 is 13.9 Å². The van der Waals surface area contributed by atoms with Gasteiger partial charge >= 0.3 is 6.09 Å². The fourth-order valence-electron chi connectivity index (χ4n) is 1.64. The number of ether oxygens (including phenoxy) is 1. The number of carbonyl (C=O) groups excluding carboxylic acids is 1. The van der Waals surface area contributed by atoms with E-state index >= 15 is 0 Å². The number of carbonyl (C=O) groups is 1. The molecule has 0 aromatic heterocycles. The van der Waals surface area contributed by atoms with Crippen molar-refractivity contribution >= 4 is 6.09 Å². The summed E-state index contributed by atoms with van der Waals surface area (Å²) in [5, 5.41) is 3.45. The number of hydrogen-bond donors (Lipinski definition) is 0. The summed E-state index contributed by atoms with van der Waals surface area (Å²) in [6.07, 6.45) is -1.59. The quantitative estimate of drug-likeness (QED) is 0.404. The third kappa shape index (κ3) is 4.48.